The fourth-order valence-corrected chi connectivity index (χ4v) is 4.87. The highest BCUT2D eigenvalue weighted by Gasteiger charge is 2.31. The smallest absolute Gasteiger partial charge is 0.412 e. The Balaban J connectivity index is 0.00000385. The molecule has 0 saturated heterocycles. The lowest BCUT2D eigenvalue weighted by atomic mass is 9.86. The van der Waals surface area contributed by atoms with Crippen molar-refractivity contribution in [1.82, 2.24) is 20.3 Å². The van der Waals surface area contributed by atoms with Gasteiger partial charge in [-0.05, 0) is 61.4 Å². The number of rotatable bonds is 7. The molecule has 0 spiro atoms. The van der Waals surface area contributed by atoms with Crippen molar-refractivity contribution in [2.75, 3.05) is 6.54 Å². The highest BCUT2D eigenvalue weighted by molar-refractivity contribution is 7.83. The zero-order valence-corrected chi connectivity index (χ0v) is 19.2. The van der Waals surface area contributed by atoms with Gasteiger partial charge in [-0.25, -0.2) is 13.7 Å². The minimum atomic E-state index is -4.53. The molecule has 1 aliphatic rings. The predicted molar refractivity (Wildman–Crippen MR) is 120 cm³/mol. The molecule has 3 rings (SSSR count). The fraction of sp³-hybridized carbons (Fsp3) is 0.429. The molecule has 1 unspecified atom stereocenters. The van der Waals surface area contributed by atoms with E-state index in [1.165, 1.54) is 0 Å². The first kappa shape index (κ1) is 27.0. The number of nitrogens with zero attached hydrogens (tertiary/aromatic N) is 1. The second kappa shape index (κ2) is 12.3. The summed E-state index contributed by atoms with van der Waals surface area (Å²) in [4.78, 5) is 16.0. The third-order valence-electron chi connectivity index (χ3n) is 5.32. The molecule has 182 valence electrons. The van der Waals surface area contributed by atoms with Gasteiger partial charge >= 0.3 is 12.2 Å². The first-order valence-electron chi connectivity index (χ1n) is 10.2. The molecule has 1 aromatic heterocycles. The van der Waals surface area contributed by atoms with E-state index in [0.29, 0.717) is 13.1 Å². The number of amides is 2. The molecule has 1 atom stereocenters. The van der Waals surface area contributed by atoms with Gasteiger partial charge in [0.2, 0.25) is 0 Å². The summed E-state index contributed by atoms with van der Waals surface area (Å²) in [6.45, 7) is 0.780. The lowest BCUT2D eigenvalue weighted by molar-refractivity contribution is -0.137. The summed E-state index contributed by atoms with van der Waals surface area (Å²) in [5, 5.41) is 5.78. The molecule has 0 bridgehead atoms. The van der Waals surface area contributed by atoms with Gasteiger partial charge in [0.05, 0.1) is 15.5 Å². The summed E-state index contributed by atoms with van der Waals surface area (Å²) < 4.78 is 54.0. The zero-order chi connectivity index (χ0) is 23.1. The highest BCUT2D eigenvalue weighted by Crippen LogP contribution is 2.33. The van der Waals surface area contributed by atoms with Crippen molar-refractivity contribution in [3.05, 3.63) is 58.9 Å². The molecule has 5 N–H and O–H groups in total. The van der Waals surface area contributed by atoms with Gasteiger partial charge in [-0.3, -0.25) is 4.98 Å². The number of halogens is 4. The number of aromatic nitrogens is 1. The number of hydrogen-bond donors (Lipinski definition) is 3. The molecule has 1 fully saturated rings. The molecule has 1 aromatic carbocycles. The van der Waals surface area contributed by atoms with Crippen molar-refractivity contribution in [2.45, 2.75) is 49.3 Å². The van der Waals surface area contributed by atoms with E-state index in [9.17, 15) is 22.2 Å². The first-order valence-corrected chi connectivity index (χ1v) is 11.7. The van der Waals surface area contributed by atoms with Gasteiger partial charge in [-0.15, -0.1) is 0 Å². The first-order chi connectivity index (χ1) is 15.2. The van der Waals surface area contributed by atoms with Gasteiger partial charge in [0.15, 0.2) is 0 Å². The number of alkyl halides is 3. The lowest BCUT2D eigenvalue weighted by Gasteiger charge is -2.29. The number of pyridine rings is 1. The van der Waals surface area contributed by atoms with Crippen LogP contribution in [0.15, 0.2) is 47.6 Å². The summed E-state index contributed by atoms with van der Waals surface area (Å²) in [6.07, 6.45) is 1.96. The molecule has 0 aliphatic heterocycles. The monoisotopic (exact) mass is 506 g/mol. The maximum atomic E-state index is 12.9. The maximum Gasteiger partial charge on any atom is 0.416 e. The van der Waals surface area contributed by atoms with E-state index in [0.717, 1.165) is 49.4 Å². The summed E-state index contributed by atoms with van der Waals surface area (Å²) >= 11 is 5.95. The standard InChI is InChI=1S/C21H24ClF3N4O2S.H2O/c22-18-8-5-16(21(23,24)25)10-19(18)32(31)28-13-14-3-6-17(7-4-14)29-20(30)27-12-15-2-1-9-26-11-15;/h1-2,5,8-11,14,17,28H,3-4,6-7,12-13H2,(H2,27,29,30);1H2. The normalized spacial score (nSPS) is 19.3. The minimum Gasteiger partial charge on any atom is -0.412 e. The molecular formula is C21H26ClF3N4O3S. The van der Waals surface area contributed by atoms with E-state index in [-0.39, 0.29) is 33.4 Å². The molecule has 33 heavy (non-hydrogen) atoms. The molecule has 1 saturated carbocycles. The van der Waals surface area contributed by atoms with Crippen LogP contribution in [0, 0.1) is 5.92 Å². The van der Waals surface area contributed by atoms with Gasteiger partial charge in [0.1, 0.15) is 11.0 Å². The van der Waals surface area contributed by atoms with E-state index in [1.807, 2.05) is 6.07 Å². The van der Waals surface area contributed by atoms with Crippen molar-refractivity contribution >= 4 is 28.6 Å². The lowest BCUT2D eigenvalue weighted by Crippen LogP contribution is -2.44. The van der Waals surface area contributed by atoms with E-state index in [4.69, 9.17) is 11.6 Å². The van der Waals surface area contributed by atoms with Crippen molar-refractivity contribution in [2.24, 2.45) is 5.92 Å². The number of benzene rings is 1. The van der Waals surface area contributed by atoms with E-state index >= 15 is 0 Å². The number of carbonyl (C=O) groups excluding carboxylic acids is 1. The van der Waals surface area contributed by atoms with Crippen LogP contribution >= 0.6 is 11.6 Å². The SMILES string of the molecule is O.O=C(NCc1cccnc1)NC1CCC(CNS(=O)c2cc(C(F)(F)F)ccc2Cl)CC1. The van der Waals surface area contributed by atoms with Gasteiger partial charge in [0, 0.05) is 31.5 Å². The second-order valence-electron chi connectivity index (χ2n) is 7.67. The predicted octanol–water partition coefficient (Wildman–Crippen LogP) is 3.60. The average Bonchev–Trinajstić information content (AvgIpc) is 2.77. The zero-order valence-electron chi connectivity index (χ0n) is 17.6. The molecule has 1 aliphatic carbocycles. The number of carbonyl (C=O) groups is 1. The summed E-state index contributed by atoms with van der Waals surface area (Å²) in [5.74, 6) is 0.208. The molecule has 0 radical (unpaired) electrons. The third kappa shape index (κ3) is 8.26. The van der Waals surface area contributed by atoms with Crippen LogP contribution in [0.3, 0.4) is 0 Å². The molecule has 12 heteroatoms. The molecule has 2 aromatic rings. The Kier molecular flexibility index (Phi) is 10.1. The Bertz CT molecular complexity index is 942. The molecular weight excluding hydrogens is 481 g/mol. The Hall–Kier alpha value is -2.21. The van der Waals surface area contributed by atoms with Gasteiger partial charge in [-0.2, -0.15) is 13.2 Å². The largest absolute Gasteiger partial charge is 0.416 e. The van der Waals surface area contributed by atoms with E-state index in [1.54, 1.807) is 18.5 Å². The minimum absolute atomic E-state index is 0. The Morgan fingerprint density at radius 1 is 1.18 bits per heavy atom. The van der Waals surface area contributed by atoms with E-state index < -0.39 is 22.7 Å². The van der Waals surface area contributed by atoms with Crippen LogP contribution in [0.1, 0.15) is 36.8 Å². The van der Waals surface area contributed by atoms with Crippen LogP contribution in [-0.2, 0) is 23.7 Å². The Morgan fingerprint density at radius 2 is 1.91 bits per heavy atom. The number of urea groups is 1. The molecule has 7 nitrogen and oxygen atoms in total. The van der Waals surface area contributed by atoms with Gasteiger partial charge in [0.25, 0.3) is 0 Å². The molecule has 2 amide bonds. The van der Waals surface area contributed by atoms with Crippen LogP contribution in [-0.4, -0.2) is 33.3 Å². The van der Waals surface area contributed by atoms with Crippen LogP contribution < -0.4 is 15.4 Å². The van der Waals surface area contributed by atoms with E-state index in [2.05, 4.69) is 20.3 Å². The van der Waals surface area contributed by atoms with Gasteiger partial charge in [-0.1, -0.05) is 17.7 Å². The summed E-state index contributed by atoms with van der Waals surface area (Å²) in [6, 6.07) is 6.27. The molecule has 1 heterocycles. The fourth-order valence-electron chi connectivity index (χ4n) is 3.53. The van der Waals surface area contributed by atoms with Crippen molar-refractivity contribution in [3.63, 3.8) is 0 Å². The third-order valence-corrected chi connectivity index (χ3v) is 6.93. The Labute approximate surface area is 197 Å². The van der Waals surface area contributed by atoms with Crippen LogP contribution in [0.25, 0.3) is 0 Å². The second-order valence-corrected chi connectivity index (χ2v) is 9.34. The number of hydrogen-bond acceptors (Lipinski definition) is 3. The summed E-state index contributed by atoms with van der Waals surface area (Å²) in [7, 11) is -1.85. The topological polar surface area (TPSA) is 115 Å². The average molecular weight is 507 g/mol. The van der Waals surface area contributed by atoms with Crippen LogP contribution in [0.4, 0.5) is 18.0 Å². The van der Waals surface area contributed by atoms with Crippen LogP contribution in [0.5, 0.6) is 0 Å². The van der Waals surface area contributed by atoms with Crippen molar-refractivity contribution < 1.29 is 27.7 Å². The van der Waals surface area contributed by atoms with Crippen molar-refractivity contribution in [1.29, 1.82) is 0 Å². The van der Waals surface area contributed by atoms with Gasteiger partial charge < -0.3 is 16.1 Å². The number of nitrogens with one attached hydrogen (secondary N) is 3. The van der Waals surface area contributed by atoms with Crippen LogP contribution in [0.2, 0.25) is 5.02 Å². The Morgan fingerprint density at radius 3 is 2.55 bits per heavy atom. The maximum absolute atomic E-state index is 12.9. The summed E-state index contributed by atoms with van der Waals surface area (Å²) in [5.41, 5.74) is 0.0201. The quantitative estimate of drug-likeness (QED) is 0.533. The van der Waals surface area contributed by atoms with Crippen molar-refractivity contribution in [3.8, 4) is 0 Å². The highest BCUT2D eigenvalue weighted by atomic mass is 35.5.